The van der Waals surface area contributed by atoms with E-state index in [1.165, 1.54) is 93.7 Å². The van der Waals surface area contributed by atoms with Crippen molar-refractivity contribution in [2.24, 2.45) is 17.9 Å². The lowest BCUT2D eigenvalue weighted by atomic mass is 9.66. The van der Waals surface area contributed by atoms with E-state index in [0.29, 0.717) is 11.3 Å². The van der Waals surface area contributed by atoms with Crippen LogP contribution < -0.4 is 9.30 Å². The zero-order valence-electron chi connectivity index (χ0n) is 25.4. The van der Waals surface area contributed by atoms with Crippen LogP contribution >= 0.6 is 0 Å². The highest BCUT2D eigenvalue weighted by Crippen LogP contribution is 2.51. The van der Waals surface area contributed by atoms with Crippen LogP contribution in [0.2, 0.25) is 0 Å². The average molecular weight is 521 g/mol. The second kappa shape index (κ2) is 9.36. The lowest BCUT2D eigenvalue weighted by molar-refractivity contribution is -0.633. The summed E-state index contributed by atoms with van der Waals surface area (Å²) in [6, 6.07) is 16.4. The predicted molar refractivity (Wildman–Crippen MR) is 165 cm³/mol. The van der Waals surface area contributed by atoms with Gasteiger partial charge in [-0.25, -0.2) is 0 Å². The molecule has 0 spiro atoms. The van der Waals surface area contributed by atoms with Gasteiger partial charge in [-0.1, -0.05) is 71.7 Å². The number of benzene rings is 3. The summed E-state index contributed by atoms with van der Waals surface area (Å²) in [6.07, 6.45) is 8.92. The van der Waals surface area contributed by atoms with Crippen LogP contribution in [-0.2, 0) is 13.5 Å². The summed E-state index contributed by atoms with van der Waals surface area (Å²) in [5.41, 5.74) is 10.2. The third-order valence-corrected chi connectivity index (χ3v) is 10.3. The first-order valence-corrected chi connectivity index (χ1v) is 15.2. The first-order chi connectivity index (χ1) is 18.5. The van der Waals surface area contributed by atoms with Crippen molar-refractivity contribution < 1.29 is 9.30 Å². The highest BCUT2D eigenvalue weighted by molar-refractivity contribution is 6.05. The van der Waals surface area contributed by atoms with Gasteiger partial charge in [0.25, 0.3) is 5.69 Å². The molecule has 2 heterocycles. The molecule has 0 bridgehead atoms. The number of fused-ring (bicyclic) bond motifs is 3. The fourth-order valence-corrected chi connectivity index (χ4v) is 7.74. The molecule has 4 aromatic rings. The third-order valence-electron chi connectivity index (χ3n) is 10.3. The van der Waals surface area contributed by atoms with Gasteiger partial charge in [-0.15, -0.1) is 0 Å². The van der Waals surface area contributed by atoms with Gasteiger partial charge in [0, 0.05) is 17.5 Å². The summed E-state index contributed by atoms with van der Waals surface area (Å²) in [6.45, 7) is 16.3. The van der Waals surface area contributed by atoms with Gasteiger partial charge < -0.3 is 4.74 Å². The Hall–Kier alpha value is -2.87. The van der Waals surface area contributed by atoms with Gasteiger partial charge in [-0.2, -0.15) is 4.57 Å². The molecule has 0 unspecified atom stereocenters. The second-order valence-electron chi connectivity index (χ2n) is 13.9. The van der Waals surface area contributed by atoms with Crippen molar-refractivity contribution in [3.8, 4) is 22.8 Å². The standard InChI is InChI=1S/C37H46NO/c1-9-37(10-2)16-14-26(15-17-37)28-12-11-13-30-29(28)21-32-35(38(30)8)33-24(4)23(3)18-27-19-25(22-36(5,6)7)20-31(39-32)34(27)33/h11-13,18-21,26H,9-10,14-17,22H2,1-8H3/q+1. The molecule has 204 valence electrons. The summed E-state index contributed by atoms with van der Waals surface area (Å²) >= 11 is 0. The van der Waals surface area contributed by atoms with Crippen LogP contribution in [0.25, 0.3) is 32.9 Å². The van der Waals surface area contributed by atoms with Crippen molar-refractivity contribution in [1.82, 2.24) is 0 Å². The quantitative estimate of drug-likeness (QED) is 0.215. The summed E-state index contributed by atoms with van der Waals surface area (Å²) in [7, 11) is 2.24. The Bertz CT molecular complexity index is 1590. The molecule has 0 amide bonds. The minimum atomic E-state index is 0.222. The number of ether oxygens (including phenoxy) is 1. The molecule has 1 fully saturated rings. The molecule has 6 rings (SSSR count). The van der Waals surface area contributed by atoms with Crippen LogP contribution in [0.4, 0.5) is 0 Å². The lowest BCUT2D eigenvalue weighted by Gasteiger charge is -2.39. The SMILES string of the molecule is CCC1(CC)CCC(c2cccc3c2cc2c([n+]3C)-c3c(C)c(C)cc4cc(CC(C)(C)C)cc(c34)O2)CC1. The Morgan fingerprint density at radius 2 is 1.67 bits per heavy atom. The minimum absolute atomic E-state index is 0.222. The van der Waals surface area contributed by atoms with Crippen LogP contribution in [-0.4, -0.2) is 0 Å². The zero-order chi connectivity index (χ0) is 27.7. The number of pyridine rings is 1. The van der Waals surface area contributed by atoms with E-state index >= 15 is 0 Å². The maximum absolute atomic E-state index is 6.88. The average Bonchev–Trinajstić information content (AvgIpc) is 2.90. The van der Waals surface area contributed by atoms with E-state index in [1.54, 1.807) is 0 Å². The molecule has 1 aromatic heterocycles. The first kappa shape index (κ1) is 26.4. The molecule has 0 radical (unpaired) electrons. The van der Waals surface area contributed by atoms with Gasteiger partial charge in [-0.3, -0.25) is 0 Å². The summed E-state index contributed by atoms with van der Waals surface area (Å²) in [4.78, 5) is 0. The molecular formula is C37H46NO+. The molecule has 0 N–H and O–H groups in total. The van der Waals surface area contributed by atoms with Crippen molar-refractivity contribution in [3.05, 3.63) is 64.7 Å². The van der Waals surface area contributed by atoms with Crippen LogP contribution in [0.3, 0.4) is 0 Å². The summed E-state index contributed by atoms with van der Waals surface area (Å²) in [5.74, 6) is 2.64. The molecular weight excluding hydrogens is 474 g/mol. The Morgan fingerprint density at radius 1 is 0.949 bits per heavy atom. The Morgan fingerprint density at radius 3 is 2.33 bits per heavy atom. The van der Waals surface area contributed by atoms with E-state index in [9.17, 15) is 0 Å². The van der Waals surface area contributed by atoms with Crippen molar-refractivity contribution in [2.75, 3.05) is 0 Å². The van der Waals surface area contributed by atoms with Gasteiger partial charge in [0.1, 0.15) is 12.8 Å². The molecule has 1 saturated carbocycles. The first-order valence-electron chi connectivity index (χ1n) is 15.2. The number of hydrogen-bond acceptors (Lipinski definition) is 1. The molecule has 0 atom stereocenters. The van der Waals surface area contributed by atoms with Gasteiger partial charge in [0.05, 0.1) is 10.9 Å². The van der Waals surface area contributed by atoms with Crippen molar-refractivity contribution in [2.45, 2.75) is 99.3 Å². The van der Waals surface area contributed by atoms with Crippen molar-refractivity contribution in [3.63, 3.8) is 0 Å². The Kier molecular flexibility index (Phi) is 6.32. The molecule has 0 saturated heterocycles. The van der Waals surface area contributed by atoms with Gasteiger partial charge in [0.15, 0.2) is 5.75 Å². The molecule has 1 aliphatic carbocycles. The smallest absolute Gasteiger partial charge is 0.256 e. The summed E-state index contributed by atoms with van der Waals surface area (Å²) < 4.78 is 9.29. The molecule has 2 nitrogen and oxygen atoms in total. The Balaban J connectivity index is 1.53. The van der Waals surface area contributed by atoms with E-state index in [0.717, 1.165) is 17.9 Å². The van der Waals surface area contributed by atoms with Crippen LogP contribution in [0, 0.1) is 24.7 Å². The van der Waals surface area contributed by atoms with Crippen LogP contribution in [0.15, 0.2) is 42.5 Å². The van der Waals surface area contributed by atoms with Crippen molar-refractivity contribution >= 4 is 21.7 Å². The highest BCUT2D eigenvalue weighted by atomic mass is 16.5. The van der Waals surface area contributed by atoms with Gasteiger partial charge >= 0.3 is 0 Å². The van der Waals surface area contributed by atoms with Gasteiger partial charge in [0.2, 0.25) is 5.52 Å². The van der Waals surface area contributed by atoms with E-state index in [2.05, 4.69) is 103 Å². The minimum Gasteiger partial charge on any atom is -0.450 e. The summed E-state index contributed by atoms with van der Waals surface area (Å²) in [5, 5.41) is 3.92. The molecule has 39 heavy (non-hydrogen) atoms. The normalized spacial score (nSPS) is 16.9. The lowest BCUT2D eigenvalue weighted by Crippen LogP contribution is -2.34. The topological polar surface area (TPSA) is 13.1 Å². The molecule has 3 aromatic carbocycles. The predicted octanol–water partition coefficient (Wildman–Crippen LogP) is 10.3. The fraction of sp³-hybridized carbons (Fsp3) is 0.486. The van der Waals surface area contributed by atoms with Gasteiger partial charge in [-0.05, 0) is 96.4 Å². The maximum Gasteiger partial charge on any atom is 0.256 e. The Labute approximate surface area is 235 Å². The number of rotatable bonds is 4. The molecule has 2 aliphatic rings. The van der Waals surface area contributed by atoms with E-state index < -0.39 is 0 Å². The van der Waals surface area contributed by atoms with Crippen molar-refractivity contribution in [1.29, 1.82) is 0 Å². The monoisotopic (exact) mass is 520 g/mol. The second-order valence-corrected chi connectivity index (χ2v) is 13.9. The fourth-order valence-electron chi connectivity index (χ4n) is 7.74. The molecule has 2 heteroatoms. The van der Waals surface area contributed by atoms with E-state index in [-0.39, 0.29) is 5.41 Å². The maximum atomic E-state index is 6.88. The number of hydrogen-bond donors (Lipinski definition) is 0. The van der Waals surface area contributed by atoms with Crippen LogP contribution in [0.1, 0.15) is 101 Å². The zero-order valence-corrected chi connectivity index (χ0v) is 25.4. The largest absolute Gasteiger partial charge is 0.450 e. The number of aromatic nitrogens is 1. The number of nitrogens with zero attached hydrogens (tertiary/aromatic N) is 1. The van der Waals surface area contributed by atoms with E-state index in [4.69, 9.17) is 4.74 Å². The third kappa shape index (κ3) is 4.35. The van der Waals surface area contributed by atoms with E-state index in [1.807, 2.05) is 0 Å². The number of aryl methyl sites for hydroxylation is 2. The van der Waals surface area contributed by atoms with Crippen LogP contribution in [0.5, 0.6) is 11.5 Å². The molecule has 1 aliphatic heterocycles. The highest BCUT2D eigenvalue weighted by Gasteiger charge is 2.36.